The summed E-state index contributed by atoms with van der Waals surface area (Å²) in [5.41, 5.74) is -0.516. The summed E-state index contributed by atoms with van der Waals surface area (Å²) >= 11 is 1.13. The van der Waals surface area contributed by atoms with Crippen LogP contribution in [0.2, 0.25) is 0 Å². The standard InChI is InChI=1S/C11H15N3O3S/c1-6(15)8(12)7-5-18-9(13-7)14-10(16)17-11(2,3)4/h5,12H,1-4H3,(H,13,14,16). The SMILES string of the molecule is CC(=O)C(=N)c1csc(NC(=O)OC(C)(C)C)n1. The minimum atomic E-state index is -0.613. The molecular formula is C11H15N3O3S. The van der Waals surface area contributed by atoms with Crippen molar-refractivity contribution in [3.05, 3.63) is 11.1 Å². The first kappa shape index (κ1) is 14.3. The first-order chi connectivity index (χ1) is 8.19. The van der Waals surface area contributed by atoms with E-state index in [-0.39, 0.29) is 17.2 Å². The Morgan fingerprint density at radius 2 is 2.06 bits per heavy atom. The minimum absolute atomic E-state index is 0.177. The number of nitrogens with one attached hydrogen (secondary N) is 2. The number of Topliss-reactive ketones (excluding diaryl/α,β-unsaturated/α-hetero) is 1. The number of thiazole rings is 1. The number of carbonyl (C=O) groups is 2. The van der Waals surface area contributed by atoms with Gasteiger partial charge in [0.05, 0.1) is 0 Å². The number of nitrogens with zero attached hydrogens (tertiary/aromatic N) is 1. The van der Waals surface area contributed by atoms with Crippen LogP contribution in [-0.4, -0.2) is 28.2 Å². The zero-order chi connectivity index (χ0) is 13.9. The highest BCUT2D eigenvalue weighted by atomic mass is 32.1. The summed E-state index contributed by atoms with van der Waals surface area (Å²) in [6.07, 6.45) is -0.613. The van der Waals surface area contributed by atoms with Gasteiger partial charge in [0.1, 0.15) is 17.0 Å². The topological polar surface area (TPSA) is 92.1 Å². The van der Waals surface area contributed by atoms with E-state index in [0.717, 1.165) is 11.3 Å². The number of amides is 1. The molecule has 0 saturated carbocycles. The maximum Gasteiger partial charge on any atom is 0.413 e. The Labute approximate surface area is 109 Å². The van der Waals surface area contributed by atoms with E-state index in [1.54, 1.807) is 20.8 Å². The number of hydrogen-bond donors (Lipinski definition) is 2. The molecule has 1 heterocycles. The second-order valence-electron chi connectivity index (χ2n) is 4.60. The molecule has 0 unspecified atom stereocenters. The van der Waals surface area contributed by atoms with Crippen molar-refractivity contribution >= 4 is 34.1 Å². The molecule has 7 heteroatoms. The third-order valence-electron chi connectivity index (χ3n) is 1.72. The molecule has 0 radical (unpaired) electrons. The van der Waals surface area contributed by atoms with E-state index in [2.05, 4.69) is 10.3 Å². The summed E-state index contributed by atoms with van der Waals surface area (Å²) in [5, 5.41) is 11.8. The van der Waals surface area contributed by atoms with Crippen molar-refractivity contribution in [2.45, 2.75) is 33.3 Å². The highest BCUT2D eigenvalue weighted by Gasteiger charge is 2.18. The van der Waals surface area contributed by atoms with Crippen LogP contribution in [0.15, 0.2) is 5.38 Å². The van der Waals surface area contributed by atoms with Crippen LogP contribution in [0.4, 0.5) is 9.93 Å². The Morgan fingerprint density at radius 1 is 1.44 bits per heavy atom. The lowest BCUT2D eigenvalue weighted by molar-refractivity contribution is -0.111. The van der Waals surface area contributed by atoms with E-state index in [1.807, 2.05) is 0 Å². The van der Waals surface area contributed by atoms with Crippen LogP contribution in [0.5, 0.6) is 0 Å². The Bertz CT molecular complexity index is 488. The molecule has 0 saturated heterocycles. The van der Waals surface area contributed by atoms with Crippen molar-refractivity contribution in [1.82, 2.24) is 4.98 Å². The molecule has 0 spiro atoms. The second kappa shape index (κ2) is 5.26. The van der Waals surface area contributed by atoms with Crippen molar-refractivity contribution in [2.24, 2.45) is 0 Å². The summed E-state index contributed by atoms with van der Waals surface area (Å²) in [6, 6.07) is 0. The Kier molecular flexibility index (Phi) is 4.18. The number of aromatic nitrogens is 1. The van der Waals surface area contributed by atoms with Crippen LogP contribution < -0.4 is 5.32 Å². The molecule has 0 aliphatic rings. The van der Waals surface area contributed by atoms with Crippen molar-refractivity contribution in [3.63, 3.8) is 0 Å². The first-order valence-corrected chi connectivity index (χ1v) is 6.12. The number of anilines is 1. The van der Waals surface area contributed by atoms with Crippen molar-refractivity contribution in [3.8, 4) is 0 Å². The van der Waals surface area contributed by atoms with Gasteiger partial charge in [-0.25, -0.2) is 9.78 Å². The predicted molar refractivity (Wildman–Crippen MR) is 69.5 cm³/mol. The van der Waals surface area contributed by atoms with Crippen LogP contribution in [0.3, 0.4) is 0 Å². The number of carbonyl (C=O) groups excluding carboxylic acids is 2. The molecule has 1 amide bonds. The maximum atomic E-state index is 11.5. The zero-order valence-corrected chi connectivity index (χ0v) is 11.5. The molecule has 2 N–H and O–H groups in total. The van der Waals surface area contributed by atoms with Gasteiger partial charge in [0, 0.05) is 12.3 Å². The molecule has 0 fully saturated rings. The molecule has 0 bridgehead atoms. The highest BCUT2D eigenvalue weighted by molar-refractivity contribution is 7.14. The molecular weight excluding hydrogens is 254 g/mol. The van der Waals surface area contributed by atoms with Crippen molar-refractivity contribution < 1.29 is 14.3 Å². The number of ketones is 1. The van der Waals surface area contributed by atoms with Crippen LogP contribution in [0, 0.1) is 5.41 Å². The van der Waals surface area contributed by atoms with Gasteiger partial charge in [-0.15, -0.1) is 11.3 Å². The normalized spacial score (nSPS) is 10.9. The third kappa shape index (κ3) is 4.25. The number of rotatable bonds is 3. The molecule has 6 nitrogen and oxygen atoms in total. The summed E-state index contributed by atoms with van der Waals surface area (Å²) in [5.74, 6) is -0.371. The molecule has 18 heavy (non-hydrogen) atoms. The average molecular weight is 269 g/mol. The van der Waals surface area contributed by atoms with Gasteiger partial charge in [0.15, 0.2) is 10.9 Å². The van der Waals surface area contributed by atoms with E-state index in [4.69, 9.17) is 10.1 Å². The van der Waals surface area contributed by atoms with Gasteiger partial charge in [-0.2, -0.15) is 0 Å². The fraction of sp³-hybridized carbons (Fsp3) is 0.455. The lowest BCUT2D eigenvalue weighted by Crippen LogP contribution is -2.27. The van der Waals surface area contributed by atoms with Gasteiger partial charge < -0.3 is 4.74 Å². The van der Waals surface area contributed by atoms with Gasteiger partial charge >= 0.3 is 6.09 Å². The molecule has 1 aromatic rings. The van der Waals surface area contributed by atoms with Gasteiger partial charge in [0.2, 0.25) is 0 Å². The Hall–Kier alpha value is -1.76. The molecule has 0 atom stereocenters. The largest absolute Gasteiger partial charge is 0.444 e. The lowest BCUT2D eigenvalue weighted by atomic mass is 10.2. The molecule has 98 valence electrons. The number of ether oxygens (including phenoxy) is 1. The fourth-order valence-corrected chi connectivity index (χ4v) is 1.70. The number of hydrogen-bond acceptors (Lipinski definition) is 6. The molecule has 0 aliphatic heterocycles. The monoisotopic (exact) mass is 269 g/mol. The molecule has 0 aliphatic carbocycles. The smallest absolute Gasteiger partial charge is 0.413 e. The quantitative estimate of drug-likeness (QED) is 0.824. The molecule has 1 rings (SSSR count). The summed E-state index contributed by atoms with van der Waals surface area (Å²) in [6.45, 7) is 6.56. The molecule has 0 aromatic carbocycles. The molecule has 1 aromatic heterocycles. The minimum Gasteiger partial charge on any atom is -0.444 e. The van der Waals surface area contributed by atoms with Crippen LogP contribution in [0.25, 0.3) is 0 Å². The van der Waals surface area contributed by atoms with Gasteiger partial charge in [0.25, 0.3) is 0 Å². The van der Waals surface area contributed by atoms with E-state index in [1.165, 1.54) is 12.3 Å². The van der Waals surface area contributed by atoms with Gasteiger partial charge in [-0.3, -0.25) is 15.5 Å². The Balaban J connectivity index is 2.68. The van der Waals surface area contributed by atoms with Crippen molar-refractivity contribution in [2.75, 3.05) is 5.32 Å². The predicted octanol–water partition coefficient (Wildman–Crippen LogP) is 2.45. The maximum absolute atomic E-state index is 11.5. The summed E-state index contributed by atoms with van der Waals surface area (Å²) in [7, 11) is 0. The van der Waals surface area contributed by atoms with Gasteiger partial charge in [-0.05, 0) is 20.8 Å². The van der Waals surface area contributed by atoms with E-state index in [9.17, 15) is 9.59 Å². The highest BCUT2D eigenvalue weighted by Crippen LogP contribution is 2.17. The van der Waals surface area contributed by atoms with Crippen LogP contribution in [-0.2, 0) is 9.53 Å². The fourth-order valence-electron chi connectivity index (χ4n) is 1.02. The first-order valence-electron chi connectivity index (χ1n) is 5.24. The van der Waals surface area contributed by atoms with Crippen LogP contribution >= 0.6 is 11.3 Å². The Morgan fingerprint density at radius 3 is 2.56 bits per heavy atom. The van der Waals surface area contributed by atoms with Crippen LogP contribution in [0.1, 0.15) is 33.4 Å². The van der Waals surface area contributed by atoms with E-state index < -0.39 is 11.7 Å². The van der Waals surface area contributed by atoms with Crippen molar-refractivity contribution in [1.29, 1.82) is 5.41 Å². The van der Waals surface area contributed by atoms with E-state index in [0.29, 0.717) is 5.13 Å². The average Bonchev–Trinajstić information content (AvgIpc) is 2.61. The zero-order valence-electron chi connectivity index (χ0n) is 10.7. The summed E-state index contributed by atoms with van der Waals surface area (Å²) in [4.78, 5) is 26.4. The third-order valence-corrected chi connectivity index (χ3v) is 2.48. The lowest BCUT2D eigenvalue weighted by Gasteiger charge is -2.18. The second-order valence-corrected chi connectivity index (χ2v) is 5.45. The summed E-state index contributed by atoms with van der Waals surface area (Å²) < 4.78 is 5.05. The van der Waals surface area contributed by atoms with Gasteiger partial charge in [-0.1, -0.05) is 0 Å². The van der Waals surface area contributed by atoms with E-state index >= 15 is 0 Å².